The van der Waals surface area contributed by atoms with Crippen molar-refractivity contribution < 1.29 is 4.79 Å². The summed E-state index contributed by atoms with van der Waals surface area (Å²) in [6, 6.07) is 16.7. The number of hydrogen-bond acceptors (Lipinski definition) is 5. The molecule has 0 fully saturated rings. The predicted octanol–water partition coefficient (Wildman–Crippen LogP) is 4.65. The highest BCUT2D eigenvalue weighted by Gasteiger charge is 2.10. The first-order valence-corrected chi connectivity index (χ1v) is 8.18. The van der Waals surface area contributed by atoms with Crippen LogP contribution in [-0.2, 0) is 0 Å². The molecule has 1 heterocycles. The second-order valence-electron chi connectivity index (χ2n) is 5.20. The lowest BCUT2D eigenvalue weighted by Gasteiger charge is -2.08. The molecule has 8 heteroatoms. The molecule has 2 N–H and O–H groups in total. The molecule has 0 radical (unpaired) electrons. The summed E-state index contributed by atoms with van der Waals surface area (Å²) in [7, 11) is 0. The van der Waals surface area contributed by atoms with Crippen LogP contribution in [0.25, 0.3) is 0 Å². The third kappa shape index (κ3) is 4.28. The number of benzene rings is 2. The van der Waals surface area contributed by atoms with Crippen molar-refractivity contribution in [1.29, 1.82) is 5.26 Å². The first-order chi connectivity index (χ1) is 12.5. The van der Waals surface area contributed by atoms with Gasteiger partial charge in [0.1, 0.15) is 0 Å². The molecule has 0 aliphatic carbocycles. The van der Waals surface area contributed by atoms with Crippen molar-refractivity contribution in [2.45, 2.75) is 0 Å². The number of rotatable bonds is 4. The topological polar surface area (TPSA) is 90.7 Å². The Morgan fingerprint density at radius 2 is 1.77 bits per heavy atom. The summed E-state index contributed by atoms with van der Waals surface area (Å²) >= 11 is 12.0. The minimum absolute atomic E-state index is 0.150. The molecule has 6 nitrogen and oxygen atoms in total. The van der Waals surface area contributed by atoms with Gasteiger partial charge >= 0.3 is 0 Å². The summed E-state index contributed by atoms with van der Waals surface area (Å²) < 4.78 is 0. The van der Waals surface area contributed by atoms with E-state index in [0.717, 1.165) is 0 Å². The molecule has 1 aromatic heterocycles. The van der Waals surface area contributed by atoms with E-state index in [2.05, 4.69) is 20.8 Å². The quantitative estimate of drug-likeness (QED) is 0.683. The van der Waals surface area contributed by atoms with Crippen molar-refractivity contribution in [2.75, 3.05) is 10.6 Å². The van der Waals surface area contributed by atoms with E-state index in [9.17, 15) is 4.79 Å². The third-order valence-corrected chi connectivity index (χ3v) is 3.92. The highest BCUT2D eigenvalue weighted by molar-refractivity contribution is 6.35. The number of aromatic nitrogens is 2. The standard InChI is InChI=1S/C18H11Cl2N5O/c19-12-3-6-14(20)16(9-12)23-17-8-7-15(24-25-17)18(26)22-13-4-1-11(10-21)2-5-13/h1-9H,(H,22,26)(H,23,25). The molecule has 0 saturated heterocycles. The molecule has 0 saturated carbocycles. The maximum Gasteiger partial charge on any atom is 0.276 e. The Hall–Kier alpha value is -3.14. The fraction of sp³-hybridized carbons (Fsp3) is 0. The van der Waals surface area contributed by atoms with Crippen LogP contribution in [0.15, 0.2) is 54.6 Å². The van der Waals surface area contributed by atoms with Crippen LogP contribution in [0.3, 0.4) is 0 Å². The van der Waals surface area contributed by atoms with Crippen LogP contribution in [0.2, 0.25) is 10.0 Å². The lowest BCUT2D eigenvalue weighted by atomic mass is 10.2. The first kappa shape index (κ1) is 17.7. The number of nitriles is 1. The fourth-order valence-corrected chi connectivity index (χ4v) is 2.41. The molecule has 3 aromatic rings. The van der Waals surface area contributed by atoms with E-state index < -0.39 is 5.91 Å². The molecule has 2 aromatic carbocycles. The molecule has 128 valence electrons. The maximum absolute atomic E-state index is 12.2. The number of hydrogen-bond donors (Lipinski definition) is 2. The van der Waals surface area contributed by atoms with E-state index >= 15 is 0 Å². The average molecular weight is 384 g/mol. The fourth-order valence-electron chi connectivity index (χ4n) is 2.07. The van der Waals surface area contributed by atoms with E-state index in [1.54, 1.807) is 48.5 Å². The van der Waals surface area contributed by atoms with Crippen LogP contribution < -0.4 is 10.6 Å². The second-order valence-corrected chi connectivity index (χ2v) is 6.04. The summed E-state index contributed by atoms with van der Waals surface area (Å²) in [6.45, 7) is 0. The molecular formula is C18H11Cl2N5O. The average Bonchev–Trinajstić information content (AvgIpc) is 2.66. The molecule has 26 heavy (non-hydrogen) atoms. The summed E-state index contributed by atoms with van der Waals surface area (Å²) in [5, 5.41) is 23.3. The largest absolute Gasteiger partial charge is 0.337 e. The number of nitrogens with one attached hydrogen (secondary N) is 2. The molecule has 0 atom stereocenters. The molecular weight excluding hydrogens is 373 g/mol. The van der Waals surface area contributed by atoms with Crippen LogP contribution in [-0.4, -0.2) is 16.1 Å². The van der Waals surface area contributed by atoms with Crippen molar-refractivity contribution in [3.63, 3.8) is 0 Å². The Morgan fingerprint density at radius 3 is 2.42 bits per heavy atom. The van der Waals surface area contributed by atoms with Gasteiger partial charge in [0.2, 0.25) is 0 Å². The van der Waals surface area contributed by atoms with Crippen LogP contribution >= 0.6 is 23.2 Å². The summed E-state index contributed by atoms with van der Waals surface area (Å²) in [6.07, 6.45) is 0. The van der Waals surface area contributed by atoms with Gasteiger partial charge in [-0.05, 0) is 54.6 Å². The number of halogens is 2. The van der Waals surface area contributed by atoms with Gasteiger partial charge in [0.05, 0.1) is 22.3 Å². The molecule has 0 aliphatic rings. The molecule has 0 spiro atoms. The zero-order valence-corrected chi connectivity index (χ0v) is 14.7. The van der Waals surface area contributed by atoms with Crippen LogP contribution in [0, 0.1) is 11.3 Å². The Labute approximate surface area is 159 Å². The first-order valence-electron chi connectivity index (χ1n) is 7.42. The molecule has 0 bridgehead atoms. The molecule has 1 amide bonds. The van der Waals surface area contributed by atoms with Gasteiger partial charge in [0, 0.05) is 10.7 Å². The van der Waals surface area contributed by atoms with Gasteiger partial charge < -0.3 is 10.6 Å². The Morgan fingerprint density at radius 1 is 1.00 bits per heavy atom. The zero-order valence-electron chi connectivity index (χ0n) is 13.2. The van der Waals surface area contributed by atoms with Crippen molar-refractivity contribution in [3.8, 4) is 6.07 Å². The third-order valence-electron chi connectivity index (χ3n) is 3.36. The minimum Gasteiger partial charge on any atom is -0.337 e. The van der Waals surface area contributed by atoms with E-state index in [-0.39, 0.29) is 5.69 Å². The number of amides is 1. The number of nitrogens with zero attached hydrogens (tertiary/aromatic N) is 3. The van der Waals surface area contributed by atoms with Gasteiger partial charge in [-0.15, -0.1) is 10.2 Å². The van der Waals surface area contributed by atoms with E-state index in [4.69, 9.17) is 28.5 Å². The van der Waals surface area contributed by atoms with Crippen LogP contribution in [0.5, 0.6) is 0 Å². The highest BCUT2D eigenvalue weighted by atomic mass is 35.5. The molecule has 0 aliphatic heterocycles. The number of carbonyl (C=O) groups excluding carboxylic acids is 1. The van der Waals surface area contributed by atoms with Gasteiger partial charge in [-0.2, -0.15) is 5.26 Å². The number of anilines is 3. The van der Waals surface area contributed by atoms with Crippen LogP contribution in [0.4, 0.5) is 17.2 Å². The summed E-state index contributed by atoms with van der Waals surface area (Å²) in [5.41, 5.74) is 1.81. The Kier molecular flexibility index (Phi) is 5.32. The van der Waals surface area contributed by atoms with Crippen molar-refractivity contribution >= 4 is 46.3 Å². The maximum atomic E-state index is 12.2. The molecule has 3 rings (SSSR count). The van der Waals surface area contributed by atoms with Gasteiger partial charge in [-0.1, -0.05) is 23.2 Å². The minimum atomic E-state index is -0.408. The van der Waals surface area contributed by atoms with E-state index in [1.165, 1.54) is 6.07 Å². The smallest absolute Gasteiger partial charge is 0.276 e. The monoisotopic (exact) mass is 383 g/mol. The van der Waals surface area contributed by atoms with Gasteiger partial charge in [-0.25, -0.2) is 0 Å². The van der Waals surface area contributed by atoms with Gasteiger partial charge in [0.15, 0.2) is 11.5 Å². The predicted molar refractivity (Wildman–Crippen MR) is 101 cm³/mol. The molecule has 0 unspecified atom stereocenters. The lowest BCUT2D eigenvalue weighted by molar-refractivity contribution is 0.102. The van der Waals surface area contributed by atoms with E-state index in [0.29, 0.717) is 32.8 Å². The summed E-state index contributed by atoms with van der Waals surface area (Å²) in [5.74, 6) is 0.0126. The Bertz CT molecular complexity index is 982. The van der Waals surface area contributed by atoms with Gasteiger partial charge in [-0.3, -0.25) is 4.79 Å². The lowest BCUT2D eigenvalue weighted by Crippen LogP contribution is -2.14. The van der Waals surface area contributed by atoms with Crippen molar-refractivity contribution in [2.24, 2.45) is 0 Å². The van der Waals surface area contributed by atoms with Crippen LogP contribution in [0.1, 0.15) is 16.1 Å². The van der Waals surface area contributed by atoms with Crippen molar-refractivity contribution in [1.82, 2.24) is 10.2 Å². The zero-order chi connectivity index (χ0) is 18.5. The van der Waals surface area contributed by atoms with E-state index in [1.807, 2.05) is 6.07 Å². The Balaban J connectivity index is 1.69. The normalized spacial score (nSPS) is 10.0. The number of carbonyl (C=O) groups is 1. The highest BCUT2D eigenvalue weighted by Crippen LogP contribution is 2.27. The second kappa shape index (κ2) is 7.83. The van der Waals surface area contributed by atoms with Gasteiger partial charge in [0.25, 0.3) is 5.91 Å². The SMILES string of the molecule is N#Cc1ccc(NC(=O)c2ccc(Nc3cc(Cl)ccc3Cl)nn2)cc1. The summed E-state index contributed by atoms with van der Waals surface area (Å²) in [4.78, 5) is 12.2. The van der Waals surface area contributed by atoms with Crippen molar-refractivity contribution in [3.05, 3.63) is 75.9 Å².